The number of nitrogens with zero attached hydrogens (tertiary/aromatic N) is 1. The summed E-state index contributed by atoms with van der Waals surface area (Å²) in [5.74, 6) is 0.641. The number of hydrogen-bond acceptors (Lipinski definition) is 5. The number of ether oxygens (including phenoxy) is 1. The van der Waals surface area contributed by atoms with Crippen LogP contribution in [0, 0.1) is 6.92 Å². The molecule has 6 heteroatoms. The van der Waals surface area contributed by atoms with E-state index in [1.165, 1.54) is 0 Å². The molecule has 98 valence electrons. The maximum absolute atomic E-state index is 5.77. The highest BCUT2D eigenvalue weighted by Gasteiger charge is 2.09. The van der Waals surface area contributed by atoms with Crippen LogP contribution in [0.1, 0.15) is 17.7 Å². The van der Waals surface area contributed by atoms with Crippen molar-refractivity contribution in [3.8, 4) is 0 Å². The van der Waals surface area contributed by atoms with Gasteiger partial charge < -0.3 is 15.8 Å². The molecular formula is C11H23N5O. The van der Waals surface area contributed by atoms with E-state index in [2.05, 4.69) is 20.8 Å². The van der Waals surface area contributed by atoms with Crippen LogP contribution in [-0.2, 0) is 11.2 Å². The number of aromatic nitrogens is 2. The summed E-state index contributed by atoms with van der Waals surface area (Å²) in [6, 6.07) is 0. The molecule has 0 amide bonds. The molecule has 5 N–H and O–H groups in total. The molecule has 0 radical (unpaired) electrons. The monoisotopic (exact) mass is 241 g/mol. The van der Waals surface area contributed by atoms with Crippen molar-refractivity contribution in [1.82, 2.24) is 20.8 Å². The lowest BCUT2D eigenvalue weighted by atomic mass is 10.2. The molecule has 0 fully saturated rings. The number of aromatic amines is 1. The molecule has 0 spiro atoms. The summed E-state index contributed by atoms with van der Waals surface area (Å²) in [5.41, 5.74) is 7.77. The first-order valence-electron chi connectivity index (χ1n) is 5.91. The molecule has 0 aliphatic rings. The van der Waals surface area contributed by atoms with E-state index in [1.807, 2.05) is 21.0 Å². The van der Waals surface area contributed by atoms with Gasteiger partial charge in [-0.25, -0.2) is 0 Å². The predicted molar refractivity (Wildman–Crippen MR) is 68.8 cm³/mol. The Morgan fingerprint density at radius 3 is 2.76 bits per heavy atom. The van der Waals surface area contributed by atoms with Crippen LogP contribution in [0.15, 0.2) is 0 Å². The third-order valence-corrected chi connectivity index (χ3v) is 2.76. The number of nitrogens with one attached hydrogen (secondary N) is 3. The summed E-state index contributed by atoms with van der Waals surface area (Å²) < 4.78 is 5.73. The van der Waals surface area contributed by atoms with Crippen molar-refractivity contribution in [3.05, 3.63) is 11.3 Å². The van der Waals surface area contributed by atoms with Crippen LogP contribution in [0.25, 0.3) is 0 Å². The van der Waals surface area contributed by atoms with Gasteiger partial charge >= 0.3 is 0 Å². The summed E-state index contributed by atoms with van der Waals surface area (Å²) in [4.78, 5) is 0. The highest BCUT2D eigenvalue weighted by Crippen LogP contribution is 2.13. The molecule has 1 aromatic rings. The summed E-state index contributed by atoms with van der Waals surface area (Å²) in [5, 5.41) is 13.1. The number of anilines is 1. The number of nitrogens with two attached hydrogens (primary N) is 1. The highest BCUT2D eigenvalue weighted by molar-refractivity contribution is 5.41. The van der Waals surface area contributed by atoms with Gasteiger partial charge in [-0.15, -0.1) is 0 Å². The lowest BCUT2D eigenvalue weighted by Crippen LogP contribution is -2.32. The smallest absolute Gasteiger partial charge is 0.122 e. The standard InChI is InChI=1S/C11H23N5O/c1-8-9(11(12)16-15-8)5-7-17-10(14-3)4-6-13-2/h10,13-14H,4-7H2,1-3H3,(H3,12,15,16). The fraction of sp³-hybridized carbons (Fsp3) is 0.727. The van der Waals surface area contributed by atoms with E-state index >= 15 is 0 Å². The fourth-order valence-electron chi connectivity index (χ4n) is 1.68. The zero-order valence-electron chi connectivity index (χ0n) is 10.8. The van der Waals surface area contributed by atoms with Gasteiger partial charge in [-0.05, 0) is 34.0 Å². The molecule has 0 aromatic carbocycles. The number of nitrogen functional groups attached to an aromatic ring is 1. The molecule has 1 heterocycles. The van der Waals surface area contributed by atoms with E-state index in [4.69, 9.17) is 10.5 Å². The second-order valence-electron chi connectivity index (χ2n) is 3.99. The Hall–Kier alpha value is -1.11. The Balaban J connectivity index is 2.31. The minimum atomic E-state index is 0.0795. The predicted octanol–water partition coefficient (Wildman–Crippen LogP) is 0.0144. The zero-order valence-corrected chi connectivity index (χ0v) is 10.8. The number of rotatable bonds is 8. The van der Waals surface area contributed by atoms with Crippen LogP contribution < -0.4 is 16.4 Å². The van der Waals surface area contributed by atoms with Crippen molar-refractivity contribution in [3.63, 3.8) is 0 Å². The minimum absolute atomic E-state index is 0.0795. The van der Waals surface area contributed by atoms with E-state index < -0.39 is 0 Å². The zero-order chi connectivity index (χ0) is 12.7. The topological polar surface area (TPSA) is 88.0 Å². The van der Waals surface area contributed by atoms with Crippen molar-refractivity contribution >= 4 is 5.82 Å². The van der Waals surface area contributed by atoms with Crippen LogP contribution in [-0.4, -0.2) is 43.7 Å². The Labute approximate surface area is 102 Å². The lowest BCUT2D eigenvalue weighted by Gasteiger charge is -2.16. The first-order valence-corrected chi connectivity index (χ1v) is 5.91. The van der Waals surface area contributed by atoms with Crippen molar-refractivity contribution in [2.45, 2.75) is 26.0 Å². The maximum Gasteiger partial charge on any atom is 0.122 e. The van der Waals surface area contributed by atoms with E-state index in [0.29, 0.717) is 12.4 Å². The van der Waals surface area contributed by atoms with Crippen LogP contribution in [0.4, 0.5) is 5.82 Å². The van der Waals surface area contributed by atoms with E-state index in [1.54, 1.807) is 0 Å². The Bertz CT molecular complexity index is 306. The van der Waals surface area contributed by atoms with Crippen molar-refractivity contribution in [2.75, 3.05) is 33.0 Å². The largest absolute Gasteiger partial charge is 0.384 e. The van der Waals surface area contributed by atoms with Crippen LogP contribution in [0.5, 0.6) is 0 Å². The van der Waals surface area contributed by atoms with Gasteiger partial charge in [0.25, 0.3) is 0 Å². The molecule has 6 nitrogen and oxygen atoms in total. The molecule has 1 rings (SSSR count). The van der Waals surface area contributed by atoms with E-state index in [9.17, 15) is 0 Å². The average molecular weight is 241 g/mol. The molecule has 0 aliphatic carbocycles. The van der Waals surface area contributed by atoms with Gasteiger partial charge in [0.2, 0.25) is 0 Å². The van der Waals surface area contributed by atoms with Gasteiger partial charge in [0.15, 0.2) is 0 Å². The highest BCUT2D eigenvalue weighted by atomic mass is 16.5. The Morgan fingerprint density at radius 2 is 2.24 bits per heavy atom. The van der Waals surface area contributed by atoms with E-state index in [-0.39, 0.29) is 6.23 Å². The lowest BCUT2D eigenvalue weighted by molar-refractivity contribution is 0.0318. The van der Waals surface area contributed by atoms with Gasteiger partial charge in [-0.1, -0.05) is 0 Å². The van der Waals surface area contributed by atoms with Crippen molar-refractivity contribution < 1.29 is 4.74 Å². The van der Waals surface area contributed by atoms with Gasteiger partial charge in [-0.2, -0.15) is 5.10 Å². The van der Waals surface area contributed by atoms with Crippen LogP contribution >= 0.6 is 0 Å². The third-order valence-electron chi connectivity index (χ3n) is 2.76. The third kappa shape index (κ3) is 4.33. The number of H-pyrrole nitrogens is 1. The van der Waals surface area contributed by atoms with Crippen LogP contribution in [0.3, 0.4) is 0 Å². The average Bonchev–Trinajstić information content (AvgIpc) is 2.64. The second-order valence-corrected chi connectivity index (χ2v) is 3.99. The quantitative estimate of drug-likeness (QED) is 0.482. The molecule has 1 aromatic heterocycles. The molecule has 0 bridgehead atoms. The first-order chi connectivity index (χ1) is 8.19. The molecule has 0 saturated heterocycles. The molecule has 0 aliphatic heterocycles. The number of aryl methyl sites for hydroxylation is 1. The Kier molecular flexibility index (Phi) is 5.96. The second kappa shape index (κ2) is 7.26. The molecule has 17 heavy (non-hydrogen) atoms. The van der Waals surface area contributed by atoms with Gasteiger partial charge in [0.05, 0.1) is 12.3 Å². The SMILES string of the molecule is CNCCC(NC)OCCc1c(C)n[nH]c1N. The van der Waals surface area contributed by atoms with Gasteiger partial charge in [-0.3, -0.25) is 10.4 Å². The van der Waals surface area contributed by atoms with Gasteiger partial charge in [0.1, 0.15) is 12.0 Å². The number of hydrogen-bond donors (Lipinski definition) is 4. The first kappa shape index (κ1) is 14.0. The summed E-state index contributed by atoms with van der Waals surface area (Å²) in [6.45, 7) is 3.51. The van der Waals surface area contributed by atoms with Gasteiger partial charge in [0, 0.05) is 12.0 Å². The normalized spacial score (nSPS) is 12.9. The Morgan fingerprint density at radius 1 is 1.47 bits per heavy atom. The van der Waals surface area contributed by atoms with Crippen molar-refractivity contribution in [2.24, 2.45) is 0 Å². The molecular weight excluding hydrogens is 218 g/mol. The summed E-state index contributed by atoms with van der Waals surface area (Å²) in [6.07, 6.45) is 1.80. The fourth-order valence-corrected chi connectivity index (χ4v) is 1.68. The van der Waals surface area contributed by atoms with E-state index in [0.717, 1.165) is 30.6 Å². The summed E-state index contributed by atoms with van der Waals surface area (Å²) >= 11 is 0. The van der Waals surface area contributed by atoms with Crippen molar-refractivity contribution in [1.29, 1.82) is 0 Å². The summed E-state index contributed by atoms with van der Waals surface area (Å²) in [7, 11) is 3.83. The minimum Gasteiger partial charge on any atom is -0.384 e. The maximum atomic E-state index is 5.77. The molecule has 1 unspecified atom stereocenters. The molecule has 0 saturated carbocycles. The molecule has 1 atom stereocenters. The van der Waals surface area contributed by atoms with Crippen LogP contribution in [0.2, 0.25) is 0 Å².